The van der Waals surface area contributed by atoms with Crippen LogP contribution in [-0.2, 0) is 4.79 Å². The number of nitrogens with one attached hydrogen (secondary N) is 1. The minimum atomic E-state index is -0.0729. The smallest absolute Gasteiger partial charge is 0.237 e. The molecule has 0 spiro atoms. The first-order valence-electron chi connectivity index (χ1n) is 5.42. The first kappa shape index (κ1) is 10.8. The van der Waals surface area contributed by atoms with E-state index >= 15 is 0 Å². The van der Waals surface area contributed by atoms with Crippen LogP contribution in [-0.4, -0.2) is 10.9 Å². The predicted molar refractivity (Wildman–Crippen MR) is 61.9 cm³/mol. The first-order chi connectivity index (χ1) is 7.81. The molecule has 1 aliphatic carbocycles. The van der Waals surface area contributed by atoms with Crippen LogP contribution in [0.5, 0.6) is 0 Å². The van der Waals surface area contributed by atoms with E-state index in [2.05, 4.69) is 16.5 Å². The second-order valence-electron chi connectivity index (χ2n) is 3.92. The number of rotatable bonds is 2. The van der Waals surface area contributed by atoms with Crippen LogP contribution in [0.1, 0.15) is 25.0 Å². The van der Waals surface area contributed by atoms with Gasteiger partial charge in [0.2, 0.25) is 5.91 Å². The lowest BCUT2D eigenvalue weighted by Crippen LogP contribution is -2.36. The van der Waals surface area contributed by atoms with Gasteiger partial charge >= 0.3 is 0 Å². The van der Waals surface area contributed by atoms with E-state index < -0.39 is 0 Å². The van der Waals surface area contributed by atoms with Crippen molar-refractivity contribution in [1.29, 1.82) is 0 Å². The quantitative estimate of drug-likeness (QED) is 0.445. The minimum Gasteiger partial charge on any atom is -0.294 e. The lowest BCUT2D eigenvalue weighted by molar-refractivity contribution is -0.125. The summed E-state index contributed by atoms with van der Waals surface area (Å²) in [6.45, 7) is 0. The van der Waals surface area contributed by atoms with Crippen LogP contribution in [0.15, 0.2) is 30.5 Å². The summed E-state index contributed by atoms with van der Waals surface area (Å²) in [6, 6.07) is 5.87. The predicted octanol–water partition coefficient (Wildman–Crippen LogP) is 1.25. The van der Waals surface area contributed by atoms with Gasteiger partial charge in [-0.2, -0.15) is 0 Å². The highest BCUT2D eigenvalue weighted by Crippen LogP contribution is 2.28. The van der Waals surface area contributed by atoms with Gasteiger partial charge in [0.05, 0.1) is 5.69 Å². The zero-order valence-corrected chi connectivity index (χ0v) is 9.02. The third-order valence-electron chi connectivity index (χ3n) is 2.92. The molecule has 0 saturated carbocycles. The van der Waals surface area contributed by atoms with E-state index in [4.69, 9.17) is 5.84 Å². The first-order valence-corrected chi connectivity index (χ1v) is 5.42. The fourth-order valence-electron chi connectivity index (χ4n) is 1.98. The maximum Gasteiger partial charge on any atom is 0.237 e. The van der Waals surface area contributed by atoms with Gasteiger partial charge in [-0.05, 0) is 37.0 Å². The molecule has 0 saturated heterocycles. The van der Waals surface area contributed by atoms with Crippen molar-refractivity contribution in [1.82, 2.24) is 10.4 Å². The molecule has 1 atom stereocenters. The maximum atomic E-state index is 11.3. The monoisotopic (exact) mass is 217 g/mol. The van der Waals surface area contributed by atoms with Gasteiger partial charge in [-0.3, -0.25) is 15.2 Å². The van der Waals surface area contributed by atoms with E-state index in [9.17, 15) is 4.79 Å². The van der Waals surface area contributed by atoms with Gasteiger partial charge in [0.15, 0.2) is 0 Å². The molecule has 2 rings (SSSR count). The molecule has 1 amide bonds. The second-order valence-corrected chi connectivity index (χ2v) is 3.92. The van der Waals surface area contributed by atoms with Crippen molar-refractivity contribution < 1.29 is 4.79 Å². The molecule has 84 valence electrons. The Morgan fingerprint density at radius 1 is 1.50 bits per heavy atom. The zero-order valence-electron chi connectivity index (χ0n) is 9.02. The molecule has 1 aromatic rings. The highest BCUT2D eigenvalue weighted by atomic mass is 16.2. The molecule has 0 aromatic carbocycles. The van der Waals surface area contributed by atoms with E-state index in [1.165, 1.54) is 5.57 Å². The van der Waals surface area contributed by atoms with Gasteiger partial charge in [0.25, 0.3) is 0 Å². The summed E-state index contributed by atoms with van der Waals surface area (Å²) in [5.74, 6) is 5.05. The Kier molecular flexibility index (Phi) is 3.31. The molecule has 0 radical (unpaired) electrons. The summed E-state index contributed by atoms with van der Waals surface area (Å²) in [4.78, 5) is 15.6. The van der Waals surface area contributed by atoms with Crippen molar-refractivity contribution >= 4 is 11.5 Å². The van der Waals surface area contributed by atoms with Crippen molar-refractivity contribution in [2.75, 3.05) is 0 Å². The number of allylic oxidation sites excluding steroid dienone is 2. The molecule has 0 unspecified atom stereocenters. The number of hydrazine groups is 1. The van der Waals surface area contributed by atoms with Crippen LogP contribution in [0.25, 0.3) is 5.57 Å². The number of amides is 1. The lowest BCUT2D eigenvalue weighted by Gasteiger charge is -2.19. The van der Waals surface area contributed by atoms with Crippen LogP contribution >= 0.6 is 0 Å². The van der Waals surface area contributed by atoms with E-state index in [1.807, 2.05) is 18.2 Å². The van der Waals surface area contributed by atoms with Crippen molar-refractivity contribution in [3.63, 3.8) is 0 Å². The summed E-state index contributed by atoms with van der Waals surface area (Å²) in [5, 5.41) is 0. The van der Waals surface area contributed by atoms with Gasteiger partial charge in [0, 0.05) is 12.1 Å². The van der Waals surface area contributed by atoms with E-state index in [0.29, 0.717) is 0 Å². The maximum absolute atomic E-state index is 11.3. The summed E-state index contributed by atoms with van der Waals surface area (Å²) < 4.78 is 0. The molecule has 4 nitrogen and oxygen atoms in total. The van der Waals surface area contributed by atoms with Crippen LogP contribution in [0, 0.1) is 5.92 Å². The lowest BCUT2D eigenvalue weighted by atomic mass is 9.88. The molecule has 1 aliphatic rings. The average molecular weight is 217 g/mol. The topological polar surface area (TPSA) is 68.0 Å². The minimum absolute atomic E-state index is 0.0115. The fourth-order valence-corrected chi connectivity index (χ4v) is 1.98. The highest BCUT2D eigenvalue weighted by Gasteiger charge is 2.21. The molecule has 3 N–H and O–H groups in total. The Labute approximate surface area is 94.5 Å². The van der Waals surface area contributed by atoms with Gasteiger partial charge in [-0.15, -0.1) is 0 Å². The largest absolute Gasteiger partial charge is 0.294 e. The Bertz CT molecular complexity index is 400. The van der Waals surface area contributed by atoms with E-state index in [1.54, 1.807) is 6.20 Å². The zero-order chi connectivity index (χ0) is 11.4. The molecule has 1 aromatic heterocycles. The van der Waals surface area contributed by atoms with E-state index in [-0.39, 0.29) is 11.8 Å². The molecular formula is C12H15N3O. The van der Waals surface area contributed by atoms with Crippen molar-refractivity contribution in [2.24, 2.45) is 11.8 Å². The number of aromatic nitrogens is 1. The van der Waals surface area contributed by atoms with Crippen LogP contribution in [0.3, 0.4) is 0 Å². The molecule has 0 fully saturated rings. The van der Waals surface area contributed by atoms with Gasteiger partial charge in [-0.1, -0.05) is 12.1 Å². The van der Waals surface area contributed by atoms with Gasteiger partial charge in [0.1, 0.15) is 0 Å². The summed E-state index contributed by atoms with van der Waals surface area (Å²) >= 11 is 0. The molecule has 1 heterocycles. The number of hydrogen-bond donors (Lipinski definition) is 2. The number of carbonyl (C=O) groups excluding carboxylic acids is 1. The molecule has 0 aliphatic heterocycles. The number of hydrogen-bond acceptors (Lipinski definition) is 3. The molecular weight excluding hydrogens is 202 g/mol. The average Bonchev–Trinajstić information content (AvgIpc) is 2.39. The number of pyridine rings is 1. The number of nitrogens with zero attached hydrogens (tertiary/aromatic N) is 1. The molecule has 16 heavy (non-hydrogen) atoms. The SMILES string of the molecule is NNC(=O)[C@@H]1CC=C(c2ccccn2)CC1. The summed E-state index contributed by atoms with van der Waals surface area (Å²) in [7, 11) is 0. The standard InChI is InChI=1S/C12H15N3O/c13-15-12(16)10-6-4-9(5-7-10)11-3-1-2-8-14-11/h1-4,8,10H,5-7,13H2,(H,15,16)/t10-/m1/s1. The third-order valence-corrected chi connectivity index (χ3v) is 2.92. The fraction of sp³-hybridized carbons (Fsp3) is 0.333. The van der Waals surface area contributed by atoms with E-state index in [0.717, 1.165) is 25.0 Å². The van der Waals surface area contributed by atoms with Gasteiger partial charge < -0.3 is 0 Å². The van der Waals surface area contributed by atoms with Crippen LogP contribution in [0.2, 0.25) is 0 Å². The van der Waals surface area contributed by atoms with Crippen molar-refractivity contribution in [3.8, 4) is 0 Å². The summed E-state index contributed by atoms with van der Waals surface area (Å²) in [6.07, 6.45) is 6.34. The summed E-state index contributed by atoms with van der Waals surface area (Å²) in [5.41, 5.74) is 4.44. The molecule has 4 heteroatoms. The molecule has 0 bridgehead atoms. The Morgan fingerprint density at radius 2 is 2.38 bits per heavy atom. The number of carbonyl (C=O) groups is 1. The van der Waals surface area contributed by atoms with Crippen LogP contribution in [0.4, 0.5) is 0 Å². The third kappa shape index (κ3) is 2.28. The normalized spacial score (nSPS) is 20.1. The van der Waals surface area contributed by atoms with Gasteiger partial charge in [-0.25, -0.2) is 5.84 Å². The Hall–Kier alpha value is -1.68. The number of nitrogens with two attached hydrogens (primary N) is 1. The second kappa shape index (κ2) is 4.90. The van der Waals surface area contributed by atoms with Crippen LogP contribution < -0.4 is 11.3 Å². The Balaban J connectivity index is 2.07. The highest BCUT2D eigenvalue weighted by molar-refractivity contribution is 5.79. The van der Waals surface area contributed by atoms with Crippen molar-refractivity contribution in [2.45, 2.75) is 19.3 Å². The Morgan fingerprint density at radius 3 is 2.94 bits per heavy atom. The van der Waals surface area contributed by atoms with Crippen molar-refractivity contribution in [3.05, 3.63) is 36.2 Å².